The molecule has 2 aromatic carbocycles. The predicted octanol–water partition coefficient (Wildman–Crippen LogP) is 3.92. The van der Waals surface area contributed by atoms with Crippen LogP contribution in [0.5, 0.6) is 0 Å². The molecule has 0 spiro atoms. The van der Waals surface area contributed by atoms with Crippen LogP contribution in [0.15, 0.2) is 65.0 Å². The Bertz CT molecular complexity index is 1370. The molecule has 0 radical (unpaired) electrons. The first-order valence-corrected chi connectivity index (χ1v) is 11.7. The van der Waals surface area contributed by atoms with E-state index in [0.29, 0.717) is 42.1 Å². The third-order valence-corrected chi connectivity index (χ3v) is 6.94. The number of piperazine rings is 1. The predicted molar refractivity (Wildman–Crippen MR) is 129 cm³/mol. The molecule has 0 unspecified atom stereocenters. The molecule has 1 aliphatic rings. The Balaban J connectivity index is 1.33. The van der Waals surface area contributed by atoms with E-state index in [9.17, 15) is 14.0 Å². The number of halogens is 1. The third-order valence-electron chi connectivity index (χ3n) is 6.05. The number of aryl methyl sites for hydroxylation is 1. The monoisotopic (exact) mass is 462 g/mol. The molecule has 2 aromatic heterocycles. The topological polar surface area (TPSA) is 58.4 Å². The number of rotatable bonds is 4. The second kappa shape index (κ2) is 8.78. The molecule has 0 saturated carbocycles. The summed E-state index contributed by atoms with van der Waals surface area (Å²) in [5.41, 5.74) is 3.29. The van der Waals surface area contributed by atoms with Gasteiger partial charge in [0.25, 0.3) is 5.56 Å². The molecule has 1 fully saturated rings. The van der Waals surface area contributed by atoms with Crippen LogP contribution in [0.25, 0.3) is 21.3 Å². The Labute approximate surface area is 194 Å². The van der Waals surface area contributed by atoms with Crippen LogP contribution in [0.2, 0.25) is 0 Å². The maximum atomic E-state index is 14.1. The van der Waals surface area contributed by atoms with E-state index in [2.05, 4.69) is 4.98 Å². The van der Waals surface area contributed by atoms with E-state index < -0.39 is 0 Å². The van der Waals surface area contributed by atoms with Gasteiger partial charge in [-0.05, 0) is 24.6 Å². The van der Waals surface area contributed by atoms with Crippen LogP contribution in [0.3, 0.4) is 0 Å². The highest BCUT2D eigenvalue weighted by molar-refractivity contribution is 7.17. The number of benzene rings is 2. The Morgan fingerprint density at radius 2 is 1.79 bits per heavy atom. The average molecular weight is 463 g/mol. The van der Waals surface area contributed by atoms with Crippen molar-refractivity contribution in [2.24, 2.45) is 0 Å². The zero-order valence-electron chi connectivity index (χ0n) is 18.2. The molecule has 1 saturated heterocycles. The van der Waals surface area contributed by atoms with E-state index in [1.165, 1.54) is 28.3 Å². The molecule has 1 amide bonds. The second-order valence-electron chi connectivity index (χ2n) is 8.19. The van der Waals surface area contributed by atoms with Crippen molar-refractivity contribution in [2.45, 2.75) is 13.5 Å². The Hall–Kier alpha value is -3.52. The van der Waals surface area contributed by atoms with Gasteiger partial charge in [-0.1, -0.05) is 42.0 Å². The molecule has 6 nitrogen and oxygen atoms in total. The molecule has 3 heterocycles. The number of aromatic nitrogens is 2. The van der Waals surface area contributed by atoms with Gasteiger partial charge in [0, 0.05) is 37.1 Å². The minimum absolute atomic E-state index is 0.0648. The number of hydrogen-bond acceptors (Lipinski definition) is 5. The molecule has 0 atom stereocenters. The Morgan fingerprint density at radius 3 is 2.52 bits per heavy atom. The second-order valence-corrected chi connectivity index (χ2v) is 9.05. The molecular weight excluding hydrogens is 439 g/mol. The lowest BCUT2D eigenvalue weighted by Gasteiger charge is -2.36. The molecule has 8 heteroatoms. The minimum Gasteiger partial charge on any atom is -0.366 e. The van der Waals surface area contributed by atoms with Gasteiger partial charge in [-0.15, -0.1) is 11.3 Å². The van der Waals surface area contributed by atoms with Gasteiger partial charge in [-0.25, -0.2) is 9.37 Å². The SMILES string of the molecule is Cc1ccc(-c2csc3ncn(CC(=O)N4CCN(c5ccccc5F)CC4)c(=O)c23)cc1. The summed E-state index contributed by atoms with van der Waals surface area (Å²) in [5, 5.41) is 2.49. The number of nitrogens with zero attached hydrogens (tertiary/aromatic N) is 4. The lowest BCUT2D eigenvalue weighted by atomic mass is 10.1. The normalized spacial score (nSPS) is 14.1. The minimum atomic E-state index is -0.261. The summed E-state index contributed by atoms with van der Waals surface area (Å²) in [6.07, 6.45) is 1.45. The highest BCUT2D eigenvalue weighted by atomic mass is 32.1. The fourth-order valence-electron chi connectivity index (χ4n) is 4.18. The van der Waals surface area contributed by atoms with Crippen LogP contribution in [0, 0.1) is 12.7 Å². The number of fused-ring (bicyclic) bond motifs is 1. The van der Waals surface area contributed by atoms with Crippen molar-refractivity contribution in [1.82, 2.24) is 14.5 Å². The van der Waals surface area contributed by atoms with Crippen LogP contribution in [-0.4, -0.2) is 46.5 Å². The summed E-state index contributed by atoms with van der Waals surface area (Å²) >= 11 is 1.43. The van der Waals surface area contributed by atoms with Crippen molar-refractivity contribution in [2.75, 3.05) is 31.1 Å². The number of thiophene rings is 1. The molecule has 1 aliphatic heterocycles. The van der Waals surface area contributed by atoms with Crippen LogP contribution in [0.4, 0.5) is 10.1 Å². The van der Waals surface area contributed by atoms with E-state index >= 15 is 0 Å². The third kappa shape index (κ3) is 4.14. The summed E-state index contributed by atoms with van der Waals surface area (Å²) in [5.74, 6) is -0.401. The van der Waals surface area contributed by atoms with Crippen LogP contribution in [-0.2, 0) is 11.3 Å². The van der Waals surface area contributed by atoms with Crippen molar-refractivity contribution >= 4 is 33.1 Å². The van der Waals surface area contributed by atoms with Gasteiger partial charge in [-0.3, -0.25) is 14.2 Å². The number of amides is 1. The zero-order chi connectivity index (χ0) is 22.9. The highest BCUT2D eigenvalue weighted by Gasteiger charge is 2.23. The zero-order valence-corrected chi connectivity index (χ0v) is 19.0. The molecule has 0 aliphatic carbocycles. The summed E-state index contributed by atoms with van der Waals surface area (Å²) in [6.45, 7) is 3.99. The molecule has 0 bridgehead atoms. The average Bonchev–Trinajstić information content (AvgIpc) is 3.27. The maximum Gasteiger partial charge on any atom is 0.263 e. The first kappa shape index (κ1) is 21.3. The van der Waals surface area contributed by atoms with Crippen molar-refractivity contribution in [1.29, 1.82) is 0 Å². The van der Waals surface area contributed by atoms with Gasteiger partial charge in [0.15, 0.2) is 0 Å². The maximum absolute atomic E-state index is 14.1. The van der Waals surface area contributed by atoms with Crippen molar-refractivity contribution in [3.05, 3.63) is 82.0 Å². The van der Waals surface area contributed by atoms with Crippen molar-refractivity contribution < 1.29 is 9.18 Å². The van der Waals surface area contributed by atoms with Gasteiger partial charge in [0.1, 0.15) is 17.2 Å². The first-order chi connectivity index (χ1) is 16.0. The Kier molecular flexibility index (Phi) is 5.68. The van der Waals surface area contributed by atoms with Crippen molar-refractivity contribution in [3.8, 4) is 11.1 Å². The summed E-state index contributed by atoms with van der Waals surface area (Å²) in [7, 11) is 0. The number of para-hydroxylation sites is 1. The molecular formula is C25H23FN4O2S. The summed E-state index contributed by atoms with van der Waals surface area (Å²) < 4.78 is 15.5. The Morgan fingerprint density at radius 1 is 1.06 bits per heavy atom. The van der Waals surface area contributed by atoms with Gasteiger partial charge in [0.05, 0.1) is 17.4 Å². The number of anilines is 1. The van der Waals surface area contributed by atoms with Crippen LogP contribution < -0.4 is 10.5 Å². The van der Waals surface area contributed by atoms with E-state index in [0.717, 1.165) is 16.7 Å². The van der Waals surface area contributed by atoms with Crippen LogP contribution >= 0.6 is 11.3 Å². The van der Waals surface area contributed by atoms with E-state index in [1.54, 1.807) is 23.1 Å². The smallest absolute Gasteiger partial charge is 0.263 e. The fourth-order valence-corrected chi connectivity index (χ4v) is 5.08. The highest BCUT2D eigenvalue weighted by Crippen LogP contribution is 2.30. The van der Waals surface area contributed by atoms with Gasteiger partial charge >= 0.3 is 0 Å². The number of carbonyl (C=O) groups is 1. The molecule has 33 heavy (non-hydrogen) atoms. The van der Waals surface area contributed by atoms with Gasteiger partial charge in [0.2, 0.25) is 5.91 Å². The number of hydrogen-bond donors (Lipinski definition) is 0. The standard InChI is InChI=1S/C25H23FN4O2S/c1-17-6-8-18(9-7-17)19-15-33-24-23(19)25(32)30(16-27-24)14-22(31)29-12-10-28(11-13-29)21-5-3-2-4-20(21)26/h2-9,15-16H,10-14H2,1H3. The fraction of sp³-hybridized carbons (Fsp3) is 0.240. The van der Waals surface area contributed by atoms with Crippen LogP contribution in [0.1, 0.15) is 5.56 Å². The largest absolute Gasteiger partial charge is 0.366 e. The lowest BCUT2D eigenvalue weighted by Crippen LogP contribution is -2.50. The quantitative estimate of drug-likeness (QED) is 0.461. The van der Waals surface area contributed by atoms with E-state index in [1.807, 2.05) is 41.5 Å². The van der Waals surface area contributed by atoms with Gasteiger partial charge < -0.3 is 9.80 Å². The number of carbonyl (C=O) groups excluding carboxylic acids is 1. The van der Waals surface area contributed by atoms with E-state index in [4.69, 9.17) is 0 Å². The van der Waals surface area contributed by atoms with E-state index in [-0.39, 0.29) is 23.8 Å². The summed E-state index contributed by atoms with van der Waals surface area (Å²) in [6, 6.07) is 14.7. The lowest BCUT2D eigenvalue weighted by molar-refractivity contribution is -0.132. The molecule has 4 aromatic rings. The molecule has 5 rings (SSSR count). The summed E-state index contributed by atoms with van der Waals surface area (Å²) in [4.78, 5) is 35.0. The molecule has 168 valence electrons. The molecule has 0 N–H and O–H groups in total. The first-order valence-electron chi connectivity index (χ1n) is 10.8. The van der Waals surface area contributed by atoms with Crippen molar-refractivity contribution in [3.63, 3.8) is 0 Å². The van der Waals surface area contributed by atoms with Gasteiger partial charge in [-0.2, -0.15) is 0 Å².